The Morgan fingerprint density at radius 3 is 2.77 bits per heavy atom. The van der Waals surface area contributed by atoms with Crippen LogP contribution in [0.3, 0.4) is 0 Å². The van der Waals surface area contributed by atoms with Crippen LogP contribution < -0.4 is 10.6 Å². The van der Waals surface area contributed by atoms with Crippen LogP contribution in [0.1, 0.15) is 32.1 Å². The minimum atomic E-state index is -0.171. The molecule has 0 unspecified atom stereocenters. The Balaban J connectivity index is 1.49. The third-order valence-corrected chi connectivity index (χ3v) is 4.89. The van der Waals surface area contributed by atoms with Gasteiger partial charge in [-0.05, 0) is 49.2 Å². The second-order valence-electron chi connectivity index (χ2n) is 6.65. The van der Waals surface area contributed by atoms with Crippen LogP contribution in [0.25, 0.3) is 22.6 Å². The maximum Gasteiger partial charge on any atom is 0.319 e. The maximum absolute atomic E-state index is 12.2. The summed E-state index contributed by atoms with van der Waals surface area (Å²) >= 11 is 6.03. The summed E-state index contributed by atoms with van der Waals surface area (Å²) in [6.45, 7) is 0. The third kappa shape index (κ3) is 3.83. The number of fused-ring (bicyclic) bond motifs is 1. The molecule has 6 heteroatoms. The Hall–Kier alpha value is -2.53. The first-order valence-electron chi connectivity index (χ1n) is 8.91. The largest absolute Gasteiger partial charge is 0.436 e. The molecule has 4 rings (SSSR count). The van der Waals surface area contributed by atoms with E-state index >= 15 is 0 Å². The molecule has 0 spiro atoms. The fraction of sp³-hybridized carbons (Fsp3) is 0.300. The first-order chi connectivity index (χ1) is 12.7. The summed E-state index contributed by atoms with van der Waals surface area (Å²) in [5.41, 5.74) is 2.86. The summed E-state index contributed by atoms with van der Waals surface area (Å²) in [7, 11) is 0. The number of benzene rings is 2. The molecule has 26 heavy (non-hydrogen) atoms. The zero-order valence-electron chi connectivity index (χ0n) is 14.3. The average Bonchev–Trinajstić information content (AvgIpc) is 3.06. The highest BCUT2D eigenvalue weighted by atomic mass is 35.5. The number of oxazole rings is 1. The van der Waals surface area contributed by atoms with Crippen molar-refractivity contribution in [3.05, 3.63) is 47.5 Å². The summed E-state index contributed by atoms with van der Waals surface area (Å²) in [4.78, 5) is 16.7. The number of rotatable bonds is 3. The van der Waals surface area contributed by atoms with Gasteiger partial charge >= 0.3 is 6.03 Å². The van der Waals surface area contributed by atoms with Gasteiger partial charge < -0.3 is 15.1 Å². The van der Waals surface area contributed by atoms with E-state index in [-0.39, 0.29) is 12.1 Å². The average molecular weight is 370 g/mol. The van der Waals surface area contributed by atoms with Crippen molar-refractivity contribution in [2.75, 3.05) is 5.32 Å². The van der Waals surface area contributed by atoms with Gasteiger partial charge in [0.15, 0.2) is 5.58 Å². The number of urea groups is 1. The van der Waals surface area contributed by atoms with Crippen LogP contribution in [0.2, 0.25) is 5.02 Å². The maximum atomic E-state index is 12.2. The molecule has 0 aliphatic heterocycles. The quantitative estimate of drug-likeness (QED) is 0.631. The minimum Gasteiger partial charge on any atom is -0.436 e. The van der Waals surface area contributed by atoms with Gasteiger partial charge in [-0.15, -0.1) is 0 Å². The van der Waals surface area contributed by atoms with E-state index in [1.165, 1.54) is 19.3 Å². The molecule has 2 aromatic carbocycles. The van der Waals surface area contributed by atoms with Crippen molar-refractivity contribution in [2.45, 2.75) is 38.1 Å². The highest BCUT2D eigenvalue weighted by molar-refractivity contribution is 6.30. The number of halogens is 1. The van der Waals surface area contributed by atoms with Crippen molar-refractivity contribution in [1.82, 2.24) is 10.3 Å². The van der Waals surface area contributed by atoms with Gasteiger partial charge in [-0.1, -0.05) is 36.9 Å². The van der Waals surface area contributed by atoms with E-state index in [1.54, 1.807) is 6.07 Å². The van der Waals surface area contributed by atoms with Crippen LogP contribution in [-0.4, -0.2) is 17.1 Å². The Morgan fingerprint density at radius 2 is 1.96 bits per heavy atom. The number of hydrogen-bond donors (Lipinski definition) is 2. The van der Waals surface area contributed by atoms with E-state index in [9.17, 15) is 4.79 Å². The lowest BCUT2D eigenvalue weighted by Crippen LogP contribution is -2.38. The number of nitrogens with zero attached hydrogens (tertiary/aromatic N) is 1. The van der Waals surface area contributed by atoms with Crippen LogP contribution in [0, 0.1) is 0 Å². The van der Waals surface area contributed by atoms with E-state index in [4.69, 9.17) is 16.0 Å². The number of carbonyl (C=O) groups excluding carboxylic acids is 1. The van der Waals surface area contributed by atoms with Gasteiger partial charge in [0.2, 0.25) is 5.89 Å². The first kappa shape index (κ1) is 16.9. The molecule has 1 heterocycles. The SMILES string of the molecule is O=C(Nc1ccc2oc(-c3cccc(Cl)c3)nc2c1)NC1CCCCC1. The number of aromatic nitrogens is 1. The fourth-order valence-corrected chi connectivity index (χ4v) is 3.54. The van der Waals surface area contributed by atoms with Gasteiger partial charge in [0.1, 0.15) is 5.52 Å². The molecule has 3 aromatic rings. The second kappa shape index (κ2) is 7.38. The Labute approximate surface area is 156 Å². The summed E-state index contributed by atoms with van der Waals surface area (Å²) in [5.74, 6) is 0.506. The van der Waals surface area contributed by atoms with Gasteiger partial charge in [-0.2, -0.15) is 0 Å². The zero-order chi connectivity index (χ0) is 17.9. The molecule has 2 amide bonds. The van der Waals surface area contributed by atoms with Crippen LogP contribution in [0.15, 0.2) is 46.9 Å². The molecule has 1 saturated carbocycles. The van der Waals surface area contributed by atoms with E-state index in [0.717, 1.165) is 18.4 Å². The van der Waals surface area contributed by atoms with Crippen LogP contribution in [0.4, 0.5) is 10.5 Å². The smallest absolute Gasteiger partial charge is 0.319 e. The number of anilines is 1. The minimum absolute atomic E-state index is 0.171. The topological polar surface area (TPSA) is 67.2 Å². The second-order valence-corrected chi connectivity index (χ2v) is 7.08. The highest BCUT2D eigenvalue weighted by Crippen LogP contribution is 2.27. The van der Waals surface area contributed by atoms with Gasteiger partial charge in [0.25, 0.3) is 0 Å². The Bertz CT molecular complexity index is 932. The van der Waals surface area contributed by atoms with Gasteiger partial charge in [0, 0.05) is 22.3 Å². The molecule has 1 aromatic heterocycles. The van der Waals surface area contributed by atoms with Gasteiger partial charge in [0.05, 0.1) is 0 Å². The standard InChI is InChI=1S/C20H20ClN3O2/c21-14-6-4-5-13(11-14)19-24-17-12-16(9-10-18(17)26-19)23-20(25)22-15-7-2-1-3-8-15/h4-6,9-12,15H,1-3,7-8H2,(H2,22,23,25). The number of carbonyl (C=O) groups is 1. The Kier molecular flexibility index (Phi) is 4.80. The molecule has 2 N–H and O–H groups in total. The van der Waals surface area contributed by atoms with Crippen molar-refractivity contribution in [3.63, 3.8) is 0 Å². The highest BCUT2D eigenvalue weighted by Gasteiger charge is 2.16. The predicted octanol–water partition coefficient (Wildman–Crippen LogP) is 5.60. The summed E-state index contributed by atoms with van der Waals surface area (Å²) in [6, 6.07) is 12.9. The van der Waals surface area contributed by atoms with Gasteiger partial charge in [-0.25, -0.2) is 9.78 Å². The molecular formula is C20H20ClN3O2. The van der Waals surface area contributed by atoms with Crippen LogP contribution >= 0.6 is 11.6 Å². The molecule has 0 saturated heterocycles. The molecule has 1 fully saturated rings. The third-order valence-electron chi connectivity index (χ3n) is 4.66. The predicted molar refractivity (Wildman–Crippen MR) is 103 cm³/mol. The van der Waals surface area contributed by atoms with E-state index in [1.807, 2.05) is 36.4 Å². The molecule has 0 atom stereocenters. The molecule has 1 aliphatic carbocycles. The number of amides is 2. The molecule has 0 radical (unpaired) electrons. The molecule has 0 bridgehead atoms. The van der Waals surface area contributed by atoms with E-state index in [0.29, 0.717) is 27.7 Å². The lowest BCUT2D eigenvalue weighted by Gasteiger charge is -2.22. The van der Waals surface area contributed by atoms with E-state index in [2.05, 4.69) is 15.6 Å². The molecule has 134 valence electrons. The summed E-state index contributed by atoms with van der Waals surface area (Å²) in [6.07, 6.45) is 5.74. The van der Waals surface area contributed by atoms with Crippen molar-refractivity contribution in [1.29, 1.82) is 0 Å². The van der Waals surface area contributed by atoms with Crippen LogP contribution in [-0.2, 0) is 0 Å². The van der Waals surface area contributed by atoms with Crippen molar-refractivity contribution < 1.29 is 9.21 Å². The lowest BCUT2D eigenvalue weighted by atomic mass is 9.96. The first-order valence-corrected chi connectivity index (χ1v) is 9.29. The fourth-order valence-electron chi connectivity index (χ4n) is 3.35. The van der Waals surface area contributed by atoms with Crippen molar-refractivity contribution in [3.8, 4) is 11.5 Å². The summed E-state index contributed by atoms with van der Waals surface area (Å²) < 4.78 is 5.79. The normalized spacial score (nSPS) is 15.1. The van der Waals surface area contributed by atoms with Crippen LogP contribution in [0.5, 0.6) is 0 Å². The molecular weight excluding hydrogens is 350 g/mol. The number of nitrogens with one attached hydrogen (secondary N) is 2. The van der Waals surface area contributed by atoms with Gasteiger partial charge in [-0.3, -0.25) is 0 Å². The van der Waals surface area contributed by atoms with E-state index < -0.39 is 0 Å². The zero-order valence-corrected chi connectivity index (χ0v) is 15.1. The van der Waals surface area contributed by atoms with Crippen molar-refractivity contribution in [2.24, 2.45) is 0 Å². The summed E-state index contributed by atoms with van der Waals surface area (Å²) in [5, 5.41) is 6.56. The lowest BCUT2D eigenvalue weighted by molar-refractivity contribution is 0.244. The molecule has 1 aliphatic rings. The number of hydrogen-bond acceptors (Lipinski definition) is 3. The van der Waals surface area contributed by atoms with Crippen molar-refractivity contribution >= 4 is 34.4 Å². The molecule has 5 nitrogen and oxygen atoms in total. The monoisotopic (exact) mass is 369 g/mol. The Morgan fingerprint density at radius 1 is 1.12 bits per heavy atom.